The molecule has 0 spiro atoms. The van der Waals surface area contributed by atoms with Crippen LogP contribution >= 0.6 is 0 Å². The van der Waals surface area contributed by atoms with Crippen molar-refractivity contribution in [2.24, 2.45) is 5.92 Å². The number of hydrogen-bond acceptors (Lipinski definition) is 4. The summed E-state index contributed by atoms with van der Waals surface area (Å²) in [6.07, 6.45) is 2.41. The summed E-state index contributed by atoms with van der Waals surface area (Å²) in [5, 5.41) is 25.2. The molecule has 1 heterocycles. The van der Waals surface area contributed by atoms with Crippen molar-refractivity contribution in [2.45, 2.75) is 19.4 Å². The molecule has 0 atom stereocenters. The van der Waals surface area contributed by atoms with Crippen molar-refractivity contribution in [1.29, 1.82) is 0 Å². The maximum absolute atomic E-state index is 9.46. The predicted molar refractivity (Wildman–Crippen MR) is 68.1 cm³/mol. The molecule has 4 nitrogen and oxygen atoms in total. The molecule has 4 N–H and O–H groups in total. The number of anilines is 1. The van der Waals surface area contributed by atoms with E-state index in [1.54, 1.807) is 12.1 Å². The standard InChI is InChI=1S/C13H20N2O2/c16-9-11-7-12(1-2-13(11)17)15-8-10-3-5-14-6-4-10/h1-2,7,10,14-17H,3-6,8-9H2. The minimum Gasteiger partial charge on any atom is -0.508 e. The molecule has 0 saturated carbocycles. The molecule has 0 unspecified atom stereocenters. The maximum Gasteiger partial charge on any atom is 0.121 e. The van der Waals surface area contributed by atoms with Crippen LogP contribution in [0.4, 0.5) is 5.69 Å². The number of benzene rings is 1. The molecule has 4 heteroatoms. The molecule has 1 aliphatic heterocycles. The molecule has 17 heavy (non-hydrogen) atoms. The van der Waals surface area contributed by atoms with Crippen LogP contribution in [0.15, 0.2) is 18.2 Å². The largest absolute Gasteiger partial charge is 0.508 e. The van der Waals surface area contributed by atoms with Gasteiger partial charge in [0.25, 0.3) is 0 Å². The third-order valence-corrected chi connectivity index (χ3v) is 3.30. The zero-order valence-corrected chi connectivity index (χ0v) is 9.95. The van der Waals surface area contributed by atoms with Crippen molar-refractivity contribution in [3.63, 3.8) is 0 Å². The highest BCUT2D eigenvalue weighted by Crippen LogP contribution is 2.22. The van der Waals surface area contributed by atoms with Crippen molar-refractivity contribution >= 4 is 5.69 Å². The molecule has 1 saturated heterocycles. The lowest BCUT2D eigenvalue weighted by Gasteiger charge is -2.23. The second-order valence-corrected chi connectivity index (χ2v) is 4.58. The molecule has 0 amide bonds. The van der Waals surface area contributed by atoms with Crippen LogP contribution < -0.4 is 10.6 Å². The van der Waals surface area contributed by atoms with Gasteiger partial charge < -0.3 is 20.8 Å². The molecule has 0 aromatic heterocycles. The summed E-state index contributed by atoms with van der Waals surface area (Å²) < 4.78 is 0. The zero-order chi connectivity index (χ0) is 12.1. The van der Waals surface area contributed by atoms with Gasteiger partial charge in [-0.3, -0.25) is 0 Å². The Morgan fingerprint density at radius 3 is 2.76 bits per heavy atom. The quantitative estimate of drug-likeness (QED) is 0.595. The summed E-state index contributed by atoms with van der Waals surface area (Å²) in [5.41, 5.74) is 1.53. The van der Waals surface area contributed by atoms with Gasteiger partial charge >= 0.3 is 0 Å². The molecular weight excluding hydrogens is 216 g/mol. The van der Waals surface area contributed by atoms with Crippen molar-refractivity contribution in [1.82, 2.24) is 5.32 Å². The van der Waals surface area contributed by atoms with Crippen molar-refractivity contribution in [3.8, 4) is 5.75 Å². The van der Waals surface area contributed by atoms with Crippen LogP contribution in [0.25, 0.3) is 0 Å². The number of phenols is 1. The van der Waals surface area contributed by atoms with Crippen LogP contribution in [0, 0.1) is 5.92 Å². The van der Waals surface area contributed by atoms with E-state index in [4.69, 9.17) is 5.11 Å². The molecule has 94 valence electrons. The molecule has 0 bridgehead atoms. The smallest absolute Gasteiger partial charge is 0.121 e. The lowest BCUT2D eigenvalue weighted by Crippen LogP contribution is -2.31. The van der Waals surface area contributed by atoms with Crippen LogP contribution in [0.5, 0.6) is 5.75 Å². The highest BCUT2D eigenvalue weighted by molar-refractivity contribution is 5.50. The van der Waals surface area contributed by atoms with E-state index in [0.717, 1.165) is 25.3 Å². The van der Waals surface area contributed by atoms with E-state index in [1.165, 1.54) is 12.8 Å². The average molecular weight is 236 g/mol. The second kappa shape index (κ2) is 5.89. The minimum absolute atomic E-state index is 0.130. The van der Waals surface area contributed by atoms with E-state index < -0.39 is 0 Å². The first-order chi connectivity index (χ1) is 8.29. The van der Waals surface area contributed by atoms with Crippen LogP contribution in [-0.2, 0) is 6.61 Å². The number of aliphatic hydroxyl groups is 1. The van der Waals surface area contributed by atoms with E-state index >= 15 is 0 Å². The summed E-state index contributed by atoms with van der Waals surface area (Å²) in [7, 11) is 0. The Bertz CT molecular complexity index is 362. The van der Waals surface area contributed by atoms with Crippen molar-refractivity contribution in [3.05, 3.63) is 23.8 Å². The van der Waals surface area contributed by atoms with Gasteiger partial charge in [-0.2, -0.15) is 0 Å². The van der Waals surface area contributed by atoms with Gasteiger partial charge in [-0.05, 0) is 50.0 Å². The molecule has 0 aliphatic carbocycles. The molecule has 2 rings (SSSR count). The Labute approximate surface area is 102 Å². The molecule has 1 aromatic carbocycles. The van der Waals surface area contributed by atoms with Gasteiger partial charge in [0.2, 0.25) is 0 Å². The van der Waals surface area contributed by atoms with Gasteiger partial charge in [0.05, 0.1) is 6.61 Å². The maximum atomic E-state index is 9.46. The van der Waals surface area contributed by atoms with Crippen LogP contribution in [-0.4, -0.2) is 29.8 Å². The van der Waals surface area contributed by atoms with Gasteiger partial charge in [0.1, 0.15) is 5.75 Å². The first kappa shape index (κ1) is 12.2. The molecule has 1 aliphatic rings. The lowest BCUT2D eigenvalue weighted by atomic mass is 9.98. The van der Waals surface area contributed by atoms with E-state index in [0.29, 0.717) is 11.5 Å². The summed E-state index contributed by atoms with van der Waals surface area (Å²) >= 11 is 0. The summed E-state index contributed by atoms with van der Waals surface area (Å²) in [6.45, 7) is 3.03. The first-order valence-electron chi connectivity index (χ1n) is 6.17. The second-order valence-electron chi connectivity index (χ2n) is 4.58. The molecule has 1 fully saturated rings. The summed E-state index contributed by atoms with van der Waals surface area (Å²) in [5.74, 6) is 0.863. The third kappa shape index (κ3) is 3.35. The third-order valence-electron chi connectivity index (χ3n) is 3.30. The van der Waals surface area contributed by atoms with Crippen LogP contribution in [0.1, 0.15) is 18.4 Å². The van der Waals surface area contributed by atoms with Crippen molar-refractivity contribution < 1.29 is 10.2 Å². The predicted octanol–water partition coefficient (Wildman–Crippen LogP) is 1.30. The van der Waals surface area contributed by atoms with Crippen LogP contribution in [0.2, 0.25) is 0 Å². The van der Waals surface area contributed by atoms with Crippen LogP contribution in [0.3, 0.4) is 0 Å². The van der Waals surface area contributed by atoms with Gasteiger partial charge in [0, 0.05) is 17.8 Å². The van der Waals surface area contributed by atoms with Gasteiger partial charge in [0.15, 0.2) is 0 Å². The lowest BCUT2D eigenvalue weighted by molar-refractivity contribution is 0.275. The highest BCUT2D eigenvalue weighted by Gasteiger charge is 2.12. The Kier molecular flexibility index (Phi) is 4.23. The number of hydrogen-bond donors (Lipinski definition) is 4. The monoisotopic (exact) mass is 236 g/mol. The average Bonchev–Trinajstić information content (AvgIpc) is 2.39. The van der Waals surface area contributed by atoms with E-state index in [2.05, 4.69) is 10.6 Å². The molecular formula is C13H20N2O2. The van der Waals surface area contributed by atoms with E-state index in [9.17, 15) is 5.11 Å². The number of nitrogens with one attached hydrogen (secondary N) is 2. The number of aliphatic hydroxyl groups excluding tert-OH is 1. The highest BCUT2D eigenvalue weighted by atomic mass is 16.3. The first-order valence-corrected chi connectivity index (χ1v) is 6.17. The van der Waals surface area contributed by atoms with Crippen molar-refractivity contribution in [2.75, 3.05) is 25.0 Å². The SMILES string of the molecule is OCc1cc(NCC2CCNCC2)ccc1O. The minimum atomic E-state index is -0.130. The normalized spacial score (nSPS) is 17.0. The van der Waals surface area contributed by atoms with Gasteiger partial charge in [-0.15, -0.1) is 0 Å². The number of aromatic hydroxyl groups is 1. The number of rotatable bonds is 4. The topological polar surface area (TPSA) is 64.5 Å². The Morgan fingerprint density at radius 1 is 1.29 bits per heavy atom. The Hall–Kier alpha value is -1.26. The fourth-order valence-corrected chi connectivity index (χ4v) is 2.17. The molecule has 0 radical (unpaired) electrons. The fraction of sp³-hybridized carbons (Fsp3) is 0.538. The zero-order valence-electron chi connectivity index (χ0n) is 9.95. The summed E-state index contributed by atoms with van der Waals surface area (Å²) in [4.78, 5) is 0. The fourth-order valence-electron chi connectivity index (χ4n) is 2.17. The Balaban J connectivity index is 1.89. The van der Waals surface area contributed by atoms with Gasteiger partial charge in [-0.1, -0.05) is 0 Å². The van der Waals surface area contributed by atoms with Gasteiger partial charge in [-0.25, -0.2) is 0 Å². The Morgan fingerprint density at radius 2 is 2.06 bits per heavy atom. The number of piperidine rings is 1. The van der Waals surface area contributed by atoms with E-state index in [1.807, 2.05) is 6.07 Å². The summed E-state index contributed by atoms with van der Waals surface area (Å²) in [6, 6.07) is 5.27. The molecule has 1 aromatic rings. The van der Waals surface area contributed by atoms with E-state index in [-0.39, 0.29) is 12.4 Å².